The van der Waals surface area contributed by atoms with Crippen LogP contribution in [0.25, 0.3) is 5.82 Å². The topological polar surface area (TPSA) is 193 Å². The van der Waals surface area contributed by atoms with Gasteiger partial charge >= 0.3 is 0 Å². The zero-order chi connectivity index (χ0) is 22.5. The molecule has 3 heterocycles. The maximum atomic E-state index is 13.0. The van der Waals surface area contributed by atoms with E-state index >= 15 is 0 Å². The molecule has 0 unspecified atom stereocenters. The summed E-state index contributed by atoms with van der Waals surface area (Å²) in [5, 5.41) is 30.1. The second-order valence-corrected chi connectivity index (χ2v) is 6.71. The number of nitrogens with zero attached hydrogens (tertiary/aromatic N) is 8. The zero-order valence-electron chi connectivity index (χ0n) is 16.6. The van der Waals surface area contributed by atoms with Crippen molar-refractivity contribution < 1.29 is 19.1 Å². The molecular formula is C17H18N10O5. The molecule has 0 bridgehead atoms. The predicted octanol–water partition coefficient (Wildman–Crippen LogP) is -0.263. The van der Waals surface area contributed by atoms with E-state index in [0.717, 1.165) is 4.68 Å². The maximum absolute atomic E-state index is 13.0. The van der Waals surface area contributed by atoms with Gasteiger partial charge in [-0.2, -0.15) is 9.78 Å². The lowest BCUT2D eigenvalue weighted by Crippen LogP contribution is -2.36. The molecule has 1 aromatic carbocycles. The number of anilines is 1. The largest absolute Gasteiger partial charge is 0.379 e. The smallest absolute Gasteiger partial charge is 0.292 e. The summed E-state index contributed by atoms with van der Waals surface area (Å²) in [6.07, 6.45) is 1.28. The van der Waals surface area contributed by atoms with Crippen LogP contribution in [0.3, 0.4) is 0 Å². The number of nitrogens with one attached hydrogen (secondary N) is 1. The monoisotopic (exact) mass is 442 g/mol. The van der Waals surface area contributed by atoms with Crippen molar-refractivity contribution in [2.45, 2.75) is 6.54 Å². The van der Waals surface area contributed by atoms with Crippen LogP contribution in [0.5, 0.6) is 0 Å². The number of benzene rings is 1. The van der Waals surface area contributed by atoms with Gasteiger partial charge in [0.2, 0.25) is 11.6 Å². The minimum Gasteiger partial charge on any atom is -0.379 e. The number of carbonyl (C=O) groups is 1. The Morgan fingerprint density at radius 2 is 2.16 bits per heavy atom. The fraction of sp³-hybridized carbons (Fsp3) is 0.294. The van der Waals surface area contributed by atoms with E-state index in [0.29, 0.717) is 44.1 Å². The van der Waals surface area contributed by atoms with Crippen LogP contribution < -0.4 is 11.2 Å². The molecule has 0 saturated carbocycles. The van der Waals surface area contributed by atoms with Gasteiger partial charge in [-0.05, 0) is 10.3 Å². The lowest BCUT2D eigenvalue weighted by Gasteiger charge is -2.25. The summed E-state index contributed by atoms with van der Waals surface area (Å²) in [6.45, 7) is 2.83. The van der Waals surface area contributed by atoms with Crippen molar-refractivity contribution in [3.63, 3.8) is 0 Å². The van der Waals surface area contributed by atoms with E-state index in [-0.39, 0.29) is 23.0 Å². The fourth-order valence-corrected chi connectivity index (χ4v) is 3.04. The van der Waals surface area contributed by atoms with E-state index in [1.807, 2.05) is 0 Å². The second kappa shape index (κ2) is 9.27. The third-order valence-electron chi connectivity index (χ3n) is 4.59. The summed E-state index contributed by atoms with van der Waals surface area (Å²) in [4.78, 5) is 25.4. The van der Waals surface area contributed by atoms with Gasteiger partial charge in [0.1, 0.15) is 5.69 Å². The number of morpholine rings is 1. The first kappa shape index (κ1) is 21.0. The molecule has 1 fully saturated rings. The first-order valence-electron chi connectivity index (χ1n) is 9.44. The summed E-state index contributed by atoms with van der Waals surface area (Å²) in [6, 6.07) is 5.81. The number of nitro benzene ring substituents is 1. The van der Waals surface area contributed by atoms with Crippen LogP contribution in [0, 0.1) is 10.1 Å². The molecule has 0 atom stereocenters. The molecule has 1 saturated heterocycles. The standard InChI is InChI=1S/C17H18N10O5/c18-15-16(23-32-22-15)26-14(13(20-24-26)10-25-4-6-31-7-5-25)17(28)21-19-9-11-2-1-3-12(8-11)27(29)30/h1-3,8-9H,4-7,10H2,(H2,18,22)(H,21,28)/b19-9+. The second-order valence-electron chi connectivity index (χ2n) is 6.71. The first-order valence-corrected chi connectivity index (χ1v) is 9.44. The van der Waals surface area contributed by atoms with Crippen molar-refractivity contribution in [2.24, 2.45) is 5.10 Å². The number of hydrogen-bond donors (Lipinski definition) is 2. The highest BCUT2D eigenvalue weighted by atomic mass is 16.6. The lowest BCUT2D eigenvalue weighted by atomic mass is 10.2. The van der Waals surface area contributed by atoms with Gasteiger partial charge in [-0.1, -0.05) is 17.3 Å². The van der Waals surface area contributed by atoms with E-state index in [1.54, 1.807) is 6.07 Å². The Bertz CT molecular complexity index is 1150. The Hall–Kier alpha value is -4.24. The number of hydrazone groups is 1. The highest BCUT2D eigenvalue weighted by Crippen LogP contribution is 2.17. The SMILES string of the molecule is Nc1nonc1-n1nnc(CN2CCOCC2)c1C(=O)N/N=C/c1cccc([N+](=O)[O-])c1. The van der Waals surface area contributed by atoms with E-state index in [2.05, 4.69) is 40.7 Å². The number of amides is 1. The van der Waals surface area contributed by atoms with Crippen molar-refractivity contribution in [3.05, 3.63) is 51.3 Å². The molecule has 15 nitrogen and oxygen atoms in total. The van der Waals surface area contributed by atoms with E-state index < -0.39 is 10.8 Å². The van der Waals surface area contributed by atoms with Crippen molar-refractivity contribution in [1.29, 1.82) is 0 Å². The molecule has 3 aromatic rings. The molecule has 0 radical (unpaired) electrons. The van der Waals surface area contributed by atoms with Gasteiger partial charge in [-0.3, -0.25) is 19.8 Å². The molecule has 0 aliphatic carbocycles. The Kier molecular flexibility index (Phi) is 6.09. The highest BCUT2D eigenvalue weighted by Gasteiger charge is 2.26. The van der Waals surface area contributed by atoms with Gasteiger partial charge in [0.25, 0.3) is 11.6 Å². The van der Waals surface area contributed by atoms with Crippen molar-refractivity contribution in [1.82, 2.24) is 35.6 Å². The van der Waals surface area contributed by atoms with Gasteiger partial charge in [-0.25, -0.2) is 10.1 Å². The number of non-ortho nitro benzene ring substituents is 1. The number of ether oxygens (including phenoxy) is 1. The number of nitro groups is 1. The molecule has 4 rings (SSSR count). The van der Waals surface area contributed by atoms with E-state index in [9.17, 15) is 14.9 Å². The maximum Gasteiger partial charge on any atom is 0.292 e. The Balaban J connectivity index is 1.57. The van der Waals surface area contributed by atoms with Crippen molar-refractivity contribution >= 4 is 23.6 Å². The quantitative estimate of drug-likeness (QED) is 0.278. The van der Waals surface area contributed by atoms with Gasteiger partial charge in [0.15, 0.2) is 5.69 Å². The van der Waals surface area contributed by atoms with Gasteiger partial charge in [0.05, 0.1) is 24.4 Å². The molecule has 166 valence electrons. The molecule has 15 heteroatoms. The predicted molar refractivity (Wildman–Crippen MR) is 108 cm³/mol. The Morgan fingerprint density at radius 1 is 1.34 bits per heavy atom. The molecule has 1 amide bonds. The van der Waals surface area contributed by atoms with Crippen LogP contribution >= 0.6 is 0 Å². The number of carbonyl (C=O) groups excluding carboxylic acids is 1. The minimum absolute atomic E-state index is 0.0125. The van der Waals surface area contributed by atoms with Gasteiger partial charge < -0.3 is 10.5 Å². The first-order chi connectivity index (χ1) is 15.5. The molecule has 1 aliphatic heterocycles. The molecule has 32 heavy (non-hydrogen) atoms. The molecule has 0 spiro atoms. The molecule has 1 aliphatic rings. The Labute approximate surface area is 179 Å². The van der Waals surface area contributed by atoms with Crippen LogP contribution in [0.4, 0.5) is 11.5 Å². The van der Waals surface area contributed by atoms with Crippen molar-refractivity contribution in [3.8, 4) is 5.82 Å². The summed E-state index contributed by atoms with van der Waals surface area (Å²) in [5.41, 5.74) is 8.89. The third kappa shape index (κ3) is 4.57. The summed E-state index contributed by atoms with van der Waals surface area (Å²) in [5.74, 6) is -0.692. The van der Waals surface area contributed by atoms with Crippen LogP contribution in [-0.2, 0) is 11.3 Å². The van der Waals surface area contributed by atoms with E-state index in [1.165, 1.54) is 24.4 Å². The number of aromatic nitrogens is 5. The number of hydrogen-bond acceptors (Lipinski definition) is 12. The van der Waals surface area contributed by atoms with Crippen LogP contribution in [0.2, 0.25) is 0 Å². The number of nitrogen functional groups attached to an aromatic ring is 1. The average Bonchev–Trinajstić information content (AvgIpc) is 3.40. The van der Waals surface area contributed by atoms with Crippen LogP contribution in [0.1, 0.15) is 21.7 Å². The van der Waals surface area contributed by atoms with Gasteiger partial charge in [-0.15, -0.1) is 5.10 Å². The third-order valence-corrected chi connectivity index (χ3v) is 4.59. The minimum atomic E-state index is -0.637. The Morgan fingerprint density at radius 3 is 2.88 bits per heavy atom. The summed E-state index contributed by atoms with van der Waals surface area (Å²) >= 11 is 0. The van der Waals surface area contributed by atoms with E-state index in [4.69, 9.17) is 10.5 Å². The zero-order valence-corrected chi connectivity index (χ0v) is 16.6. The number of nitrogens with two attached hydrogens (primary N) is 1. The lowest BCUT2D eigenvalue weighted by molar-refractivity contribution is -0.384. The number of rotatable bonds is 7. The summed E-state index contributed by atoms with van der Waals surface area (Å²) < 4.78 is 11.1. The van der Waals surface area contributed by atoms with Crippen LogP contribution in [0.15, 0.2) is 34.0 Å². The normalized spacial score (nSPS) is 14.6. The average molecular weight is 442 g/mol. The van der Waals surface area contributed by atoms with Gasteiger partial charge in [0, 0.05) is 37.3 Å². The highest BCUT2D eigenvalue weighted by molar-refractivity contribution is 5.95. The molecule has 2 aromatic heterocycles. The summed E-state index contributed by atoms with van der Waals surface area (Å²) in [7, 11) is 0. The van der Waals surface area contributed by atoms with Crippen molar-refractivity contribution in [2.75, 3.05) is 32.0 Å². The molecular weight excluding hydrogens is 424 g/mol. The van der Waals surface area contributed by atoms with Crippen LogP contribution in [-0.4, -0.2) is 73.6 Å². The molecule has 3 N–H and O–H groups in total. The fourth-order valence-electron chi connectivity index (χ4n) is 3.04.